The molecule has 0 saturated carbocycles. The first kappa shape index (κ1) is 16.0. The molecule has 2 heterocycles. The van der Waals surface area contributed by atoms with Crippen LogP contribution < -0.4 is 5.32 Å². The van der Waals surface area contributed by atoms with Crippen LogP contribution in [-0.4, -0.2) is 49.1 Å². The Morgan fingerprint density at radius 3 is 3.00 bits per heavy atom. The van der Waals surface area contributed by atoms with Crippen LogP contribution in [0.2, 0.25) is 0 Å². The molecule has 1 fully saturated rings. The van der Waals surface area contributed by atoms with Gasteiger partial charge in [-0.05, 0) is 30.7 Å². The van der Waals surface area contributed by atoms with Gasteiger partial charge in [0.2, 0.25) is 5.91 Å². The maximum Gasteiger partial charge on any atom is 0.264 e. The van der Waals surface area contributed by atoms with Crippen LogP contribution in [0.5, 0.6) is 0 Å². The Bertz CT molecular complexity index is 475. The summed E-state index contributed by atoms with van der Waals surface area (Å²) in [5, 5.41) is 4.86. The van der Waals surface area contributed by atoms with Crippen molar-refractivity contribution >= 4 is 23.2 Å². The monoisotopic (exact) mass is 310 g/mol. The van der Waals surface area contributed by atoms with Crippen LogP contribution in [0.4, 0.5) is 0 Å². The van der Waals surface area contributed by atoms with Crippen LogP contribution in [0.25, 0.3) is 0 Å². The van der Waals surface area contributed by atoms with Crippen molar-refractivity contribution in [2.75, 3.05) is 20.3 Å². The fourth-order valence-corrected chi connectivity index (χ4v) is 3.26. The van der Waals surface area contributed by atoms with Crippen molar-refractivity contribution in [1.82, 2.24) is 10.2 Å². The molecule has 21 heavy (non-hydrogen) atoms. The summed E-state index contributed by atoms with van der Waals surface area (Å²) < 4.78 is 5.10. The molecule has 2 atom stereocenters. The average molecular weight is 310 g/mol. The van der Waals surface area contributed by atoms with E-state index < -0.39 is 0 Å². The Kier molecular flexibility index (Phi) is 5.76. The lowest BCUT2D eigenvalue weighted by Crippen LogP contribution is -2.49. The van der Waals surface area contributed by atoms with Crippen LogP contribution in [0.3, 0.4) is 0 Å². The second kappa shape index (κ2) is 7.56. The molecule has 2 amide bonds. The third kappa shape index (κ3) is 3.83. The van der Waals surface area contributed by atoms with Gasteiger partial charge in [-0.2, -0.15) is 0 Å². The Balaban J connectivity index is 2.01. The number of ether oxygens (including phenoxy) is 1. The highest BCUT2D eigenvalue weighted by molar-refractivity contribution is 7.12. The topological polar surface area (TPSA) is 58.6 Å². The number of nitrogens with zero attached hydrogens (tertiary/aromatic N) is 1. The van der Waals surface area contributed by atoms with Gasteiger partial charge in [0, 0.05) is 13.7 Å². The number of thiophene rings is 1. The molecule has 1 aromatic rings. The summed E-state index contributed by atoms with van der Waals surface area (Å²) in [5.74, 6) is -0.108. The molecule has 2 rings (SSSR count). The summed E-state index contributed by atoms with van der Waals surface area (Å²) >= 11 is 1.42. The Labute approximate surface area is 129 Å². The molecule has 0 radical (unpaired) electrons. The number of rotatable bonds is 6. The van der Waals surface area contributed by atoms with Crippen molar-refractivity contribution in [3.05, 3.63) is 22.4 Å². The van der Waals surface area contributed by atoms with Crippen LogP contribution >= 0.6 is 11.3 Å². The minimum atomic E-state index is -0.356. The molecule has 5 nitrogen and oxygen atoms in total. The fraction of sp³-hybridized carbons (Fsp3) is 0.600. The number of carbonyl (C=O) groups excluding carboxylic acids is 2. The summed E-state index contributed by atoms with van der Waals surface area (Å²) in [5.41, 5.74) is 0. The standard InChI is InChI=1S/C15H22N2O3S/c1-3-11(10-20-2)16-14(18)12-6-4-8-17(12)15(19)13-7-5-9-21-13/h5,7,9,11-12H,3-4,6,8,10H2,1-2H3,(H,16,18)/t11?,12-/m0/s1. The smallest absolute Gasteiger partial charge is 0.264 e. The highest BCUT2D eigenvalue weighted by Crippen LogP contribution is 2.22. The number of hydrogen-bond acceptors (Lipinski definition) is 4. The van der Waals surface area contributed by atoms with E-state index in [9.17, 15) is 9.59 Å². The molecule has 1 unspecified atom stereocenters. The molecule has 0 spiro atoms. The third-order valence-electron chi connectivity index (χ3n) is 3.76. The van der Waals surface area contributed by atoms with Crippen molar-refractivity contribution < 1.29 is 14.3 Å². The van der Waals surface area contributed by atoms with Crippen molar-refractivity contribution in [1.29, 1.82) is 0 Å². The van der Waals surface area contributed by atoms with E-state index in [4.69, 9.17) is 4.74 Å². The van der Waals surface area contributed by atoms with Gasteiger partial charge in [-0.1, -0.05) is 13.0 Å². The normalized spacial score (nSPS) is 19.5. The Morgan fingerprint density at radius 1 is 1.57 bits per heavy atom. The van der Waals surface area contributed by atoms with Gasteiger partial charge >= 0.3 is 0 Å². The van der Waals surface area contributed by atoms with E-state index in [0.29, 0.717) is 18.0 Å². The van der Waals surface area contributed by atoms with E-state index >= 15 is 0 Å². The van der Waals surface area contributed by atoms with Crippen molar-refractivity contribution in [3.8, 4) is 0 Å². The molecule has 1 aliphatic rings. The molecule has 0 bridgehead atoms. The van der Waals surface area contributed by atoms with Crippen molar-refractivity contribution in [3.63, 3.8) is 0 Å². The van der Waals surface area contributed by atoms with Gasteiger partial charge in [0.05, 0.1) is 17.5 Å². The minimum Gasteiger partial charge on any atom is -0.383 e. The molecular formula is C15H22N2O3S. The van der Waals surface area contributed by atoms with Crippen LogP contribution in [0, 0.1) is 0 Å². The predicted molar refractivity (Wildman–Crippen MR) is 82.5 cm³/mol. The predicted octanol–water partition coefficient (Wildman–Crippen LogP) is 1.89. The molecule has 116 valence electrons. The van der Waals surface area contributed by atoms with Gasteiger partial charge in [0.25, 0.3) is 5.91 Å². The lowest BCUT2D eigenvalue weighted by atomic mass is 10.1. The van der Waals surface area contributed by atoms with E-state index in [1.807, 2.05) is 18.4 Å². The van der Waals surface area contributed by atoms with E-state index in [0.717, 1.165) is 19.3 Å². The molecule has 1 aromatic heterocycles. The summed E-state index contributed by atoms with van der Waals surface area (Å²) in [7, 11) is 1.62. The number of nitrogens with one attached hydrogen (secondary N) is 1. The summed E-state index contributed by atoms with van der Waals surface area (Å²) in [4.78, 5) is 27.2. The summed E-state index contributed by atoms with van der Waals surface area (Å²) in [6, 6.07) is 3.31. The van der Waals surface area contributed by atoms with Crippen LogP contribution in [0.1, 0.15) is 35.9 Å². The zero-order valence-corrected chi connectivity index (χ0v) is 13.3. The minimum absolute atomic E-state index is 0.00166. The molecule has 6 heteroatoms. The lowest BCUT2D eigenvalue weighted by molar-refractivity contribution is -0.126. The zero-order valence-electron chi connectivity index (χ0n) is 12.5. The van der Waals surface area contributed by atoms with Gasteiger partial charge in [0.1, 0.15) is 6.04 Å². The first-order valence-corrected chi connectivity index (χ1v) is 8.19. The lowest BCUT2D eigenvalue weighted by Gasteiger charge is -2.25. The van der Waals surface area contributed by atoms with Crippen LogP contribution in [-0.2, 0) is 9.53 Å². The van der Waals surface area contributed by atoms with E-state index in [1.165, 1.54) is 11.3 Å². The molecular weight excluding hydrogens is 288 g/mol. The molecule has 0 aromatic carbocycles. The third-order valence-corrected chi connectivity index (χ3v) is 4.61. The number of amides is 2. The second-order valence-corrected chi connectivity index (χ2v) is 6.15. The van der Waals surface area contributed by atoms with E-state index in [1.54, 1.807) is 18.1 Å². The first-order chi connectivity index (χ1) is 10.2. The maximum absolute atomic E-state index is 12.4. The molecule has 1 aliphatic heterocycles. The zero-order chi connectivity index (χ0) is 15.2. The maximum atomic E-state index is 12.4. The van der Waals surface area contributed by atoms with E-state index in [2.05, 4.69) is 5.32 Å². The number of methoxy groups -OCH3 is 1. The Morgan fingerprint density at radius 2 is 2.38 bits per heavy atom. The van der Waals surface area contributed by atoms with Gasteiger partial charge in [-0.15, -0.1) is 11.3 Å². The highest BCUT2D eigenvalue weighted by Gasteiger charge is 2.35. The number of likely N-dealkylation sites (tertiary alicyclic amines) is 1. The summed E-state index contributed by atoms with van der Waals surface area (Å²) in [6.45, 7) is 3.15. The SMILES string of the molecule is CCC(COC)NC(=O)[C@@H]1CCCN1C(=O)c1cccs1. The van der Waals surface area contributed by atoms with Gasteiger partial charge < -0.3 is 15.0 Å². The second-order valence-electron chi connectivity index (χ2n) is 5.20. The van der Waals surface area contributed by atoms with Gasteiger partial charge in [-0.3, -0.25) is 9.59 Å². The number of hydrogen-bond donors (Lipinski definition) is 1. The van der Waals surface area contributed by atoms with E-state index in [-0.39, 0.29) is 23.9 Å². The van der Waals surface area contributed by atoms with Crippen molar-refractivity contribution in [2.45, 2.75) is 38.3 Å². The largest absolute Gasteiger partial charge is 0.383 e. The number of carbonyl (C=O) groups is 2. The quantitative estimate of drug-likeness (QED) is 0.873. The first-order valence-electron chi connectivity index (χ1n) is 7.31. The van der Waals surface area contributed by atoms with Gasteiger partial charge in [-0.25, -0.2) is 0 Å². The van der Waals surface area contributed by atoms with Crippen LogP contribution in [0.15, 0.2) is 17.5 Å². The molecule has 1 N–H and O–H groups in total. The summed E-state index contributed by atoms with van der Waals surface area (Å²) in [6.07, 6.45) is 2.41. The average Bonchev–Trinajstić information content (AvgIpc) is 3.16. The highest BCUT2D eigenvalue weighted by atomic mass is 32.1. The fourth-order valence-electron chi connectivity index (χ4n) is 2.58. The van der Waals surface area contributed by atoms with Gasteiger partial charge in [0.15, 0.2) is 0 Å². The Hall–Kier alpha value is -1.40. The molecule has 1 saturated heterocycles. The molecule has 0 aliphatic carbocycles. The van der Waals surface area contributed by atoms with Crippen molar-refractivity contribution in [2.24, 2.45) is 0 Å².